The Morgan fingerprint density at radius 2 is 1.63 bits per heavy atom. The van der Waals surface area contributed by atoms with Crippen molar-refractivity contribution in [1.29, 1.82) is 0 Å². The third-order valence-electron chi connectivity index (χ3n) is 7.81. The first-order valence-corrected chi connectivity index (χ1v) is 13.4. The molecule has 4 aromatic rings. The van der Waals surface area contributed by atoms with Crippen molar-refractivity contribution >= 4 is 34.7 Å². The lowest BCUT2D eigenvalue weighted by atomic mass is 9.95. The van der Waals surface area contributed by atoms with Gasteiger partial charge in [0.2, 0.25) is 0 Å². The van der Waals surface area contributed by atoms with Crippen LogP contribution in [-0.4, -0.2) is 70.3 Å². The number of fused-ring (bicyclic) bond motifs is 3. The van der Waals surface area contributed by atoms with Crippen molar-refractivity contribution in [2.45, 2.75) is 25.0 Å². The lowest BCUT2D eigenvalue weighted by Gasteiger charge is -2.33. The number of amides is 3. The van der Waals surface area contributed by atoms with Gasteiger partial charge in [-0.2, -0.15) is 5.01 Å². The minimum absolute atomic E-state index is 0.0398. The topological polar surface area (TPSA) is 115 Å². The number of likely N-dealkylation sites (tertiary alicyclic amines) is 2. The van der Waals surface area contributed by atoms with Crippen LogP contribution in [0.15, 0.2) is 84.9 Å². The maximum absolute atomic E-state index is 14.2. The number of hydrogen-bond donors (Lipinski definition) is 2. The molecule has 208 valence electrons. The molecule has 1 aromatic heterocycles. The molecule has 0 unspecified atom stereocenters. The van der Waals surface area contributed by atoms with E-state index in [1.54, 1.807) is 24.3 Å². The van der Waals surface area contributed by atoms with Crippen LogP contribution in [0.1, 0.15) is 22.3 Å². The van der Waals surface area contributed by atoms with Gasteiger partial charge in [0, 0.05) is 48.2 Å². The van der Waals surface area contributed by atoms with Crippen molar-refractivity contribution in [3.8, 4) is 11.3 Å². The number of carbonyl (C=O) groups excluding carboxylic acids is 2. The number of methoxy groups -OCH3 is 1. The minimum atomic E-state index is -0.904. The number of nitrogens with zero attached hydrogens (tertiary/aromatic N) is 4. The number of para-hydroxylation sites is 2. The first-order valence-electron chi connectivity index (χ1n) is 13.4. The average molecular weight is 552 g/mol. The number of hydrogen-bond acceptors (Lipinski definition) is 6. The number of nitrogens with one attached hydrogen (secondary N) is 1. The van der Waals surface area contributed by atoms with Gasteiger partial charge in [0.05, 0.1) is 29.6 Å². The molecule has 2 aliphatic heterocycles. The average Bonchev–Trinajstić information content (AvgIpc) is 3.61. The van der Waals surface area contributed by atoms with E-state index in [4.69, 9.17) is 9.72 Å². The fourth-order valence-corrected chi connectivity index (χ4v) is 5.92. The normalized spacial score (nSPS) is 17.9. The van der Waals surface area contributed by atoms with Crippen LogP contribution in [0.25, 0.3) is 22.2 Å². The van der Waals surface area contributed by atoms with Gasteiger partial charge in [-0.1, -0.05) is 66.7 Å². The van der Waals surface area contributed by atoms with E-state index in [-0.39, 0.29) is 12.1 Å². The number of carboxylic acid groups (broad SMARTS) is 1. The number of aromatic nitrogens is 1. The van der Waals surface area contributed by atoms with Gasteiger partial charge < -0.3 is 14.7 Å². The summed E-state index contributed by atoms with van der Waals surface area (Å²) in [5.74, 6) is -0.485. The third-order valence-corrected chi connectivity index (χ3v) is 7.81. The number of carbonyl (C=O) groups is 3. The first kappa shape index (κ1) is 26.3. The zero-order chi connectivity index (χ0) is 28.5. The lowest BCUT2D eigenvalue weighted by Crippen LogP contribution is -2.48. The van der Waals surface area contributed by atoms with Gasteiger partial charge in [-0.25, -0.2) is 14.6 Å². The Morgan fingerprint density at radius 3 is 2.29 bits per heavy atom. The fraction of sp³-hybridized carbons (Fsp3) is 0.226. The molecular weight excluding hydrogens is 522 g/mol. The predicted molar refractivity (Wildman–Crippen MR) is 153 cm³/mol. The molecule has 10 heteroatoms. The number of piperazine rings is 1. The maximum Gasteiger partial charge on any atom is 0.433 e. The van der Waals surface area contributed by atoms with Crippen molar-refractivity contribution in [1.82, 2.24) is 20.2 Å². The Labute approximate surface area is 236 Å². The van der Waals surface area contributed by atoms with Gasteiger partial charge in [0.25, 0.3) is 5.91 Å². The zero-order valence-electron chi connectivity index (χ0n) is 22.4. The van der Waals surface area contributed by atoms with Crippen LogP contribution < -0.4 is 10.4 Å². The number of hydrazine groups is 1. The molecule has 2 aliphatic rings. The van der Waals surface area contributed by atoms with Crippen molar-refractivity contribution in [3.05, 3.63) is 96.1 Å². The smallest absolute Gasteiger partial charge is 0.433 e. The molecule has 3 amide bonds. The second kappa shape index (κ2) is 10.9. The van der Waals surface area contributed by atoms with Gasteiger partial charge >= 0.3 is 12.2 Å². The number of anilines is 1. The second-order valence-corrected chi connectivity index (χ2v) is 10.2. The van der Waals surface area contributed by atoms with Crippen molar-refractivity contribution < 1.29 is 24.2 Å². The monoisotopic (exact) mass is 551 g/mol. The standard InChI is InChI=1S/C31H29N5O5/c1-41-31(40)36(21-12-6-3-7-13-21)33-29(37)27-24-14-8-9-15-26(24)32-28(20-10-4-2-5-11-20)25(27)19-34-17-23-16-22(34)18-35(23)30(38)39/h2-15,22-23H,16-19H2,1H3,(H,33,37)(H,38,39)/t22-,23-/m1/s1. The van der Waals surface area contributed by atoms with Gasteiger partial charge in [0.15, 0.2) is 0 Å². The van der Waals surface area contributed by atoms with E-state index in [9.17, 15) is 19.5 Å². The Balaban J connectivity index is 1.47. The van der Waals surface area contributed by atoms with E-state index in [0.29, 0.717) is 53.0 Å². The number of rotatable bonds is 5. The summed E-state index contributed by atoms with van der Waals surface area (Å²) in [7, 11) is 1.26. The van der Waals surface area contributed by atoms with Gasteiger partial charge in [0.1, 0.15) is 0 Å². The van der Waals surface area contributed by atoms with Crippen LogP contribution in [0.4, 0.5) is 15.3 Å². The molecule has 0 radical (unpaired) electrons. The van der Waals surface area contributed by atoms with E-state index < -0.39 is 18.1 Å². The highest BCUT2D eigenvalue weighted by Gasteiger charge is 2.45. The van der Waals surface area contributed by atoms with Gasteiger partial charge in [-0.3, -0.25) is 15.1 Å². The maximum atomic E-state index is 14.2. The van der Waals surface area contributed by atoms with Crippen LogP contribution in [0.3, 0.4) is 0 Å². The van der Waals surface area contributed by atoms with E-state index in [2.05, 4.69) is 10.3 Å². The SMILES string of the molecule is COC(=O)N(NC(=O)c1c(CN2C[C@H]3C[C@@H]2CN3C(=O)O)c(-c2ccccc2)nc2ccccc12)c1ccccc1. The third kappa shape index (κ3) is 4.93. The molecule has 0 saturated carbocycles. The highest BCUT2D eigenvalue weighted by atomic mass is 16.5. The highest BCUT2D eigenvalue weighted by molar-refractivity contribution is 6.10. The van der Waals surface area contributed by atoms with Crippen LogP contribution in [0.2, 0.25) is 0 Å². The van der Waals surface area contributed by atoms with E-state index in [0.717, 1.165) is 17.0 Å². The molecular formula is C31H29N5O5. The van der Waals surface area contributed by atoms with E-state index in [1.807, 2.05) is 60.7 Å². The summed E-state index contributed by atoms with van der Waals surface area (Å²) in [5, 5.41) is 11.3. The Kier molecular flexibility index (Phi) is 6.98. The van der Waals surface area contributed by atoms with Crippen LogP contribution in [-0.2, 0) is 11.3 Å². The Morgan fingerprint density at radius 1 is 0.951 bits per heavy atom. The Hall–Kier alpha value is -4.96. The van der Waals surface area contributed by atoms with Crippen molar-refractivity contribution in [2.24, 2.45) is 0 Å². The molecule has 2 fully saturated rings. The molecule has 0 aliphatic carbocycles. The molecule has 0 spiro atoms. The lowest BCUT2D eigenvalue weighted by molar-refractivity contribution is 0.0935. The molecule has 10 nitrogen and oxygen atoms in total. The second-order valence-electron chi connectivity index (χ2n) is 10.2. The molecule has 2 saturated heterocycles. The summed E-state index contributed by atoms with van der Waals surface area (Å²) in [4.78, 5) is 47.5. The number of pyridine rings is 1. The summed E-state index contributed by atoms with van der Waals surface area (Å²) in [6.45, 7) is 1.38. The molecule has 41 heavy (non-hydrogen) atoms. The quantitative estimate of drug-likeness (QED) is 0.344. The minimum Gasteiger partial charge on any atom is -0.465 e. The largest absolute Gasteiger partial charge is 0.465 e. The van der Waals surface area contributed by atoms with Crippen molar-refractivity contribution in [2.75, 3.05) is 25.2 Å². The van der Waals surface area contributed by atoms with Crippen LogP contribution >= 0.6 is 0 Å². The summed E-state index contributed by atoms with van der Waals surface area (Å²) in [6, 6.07) is 25.8. The number of benzene rings is 3. The first-order chi connectivity index (χ1) is 19.9. The summed E-state index contributed by atoms with van der Waals surface area (Å²) >= 11 is 0. The Bertz CT molecular complexity index is 1610. The van der Waals surface area contributed by atoms with Crippen LogP contribution in [0.5, 0.6) is 0 Å². The fourth-order valence-electron chi connectivity index (χ4n) is 5.92. The number of ether oxygens (including phenoxy) is 1. The highest BCUT2D eigenvalue weighted by Crippen LogP contribution is 2.36. The van der Waals surface area contributed by atoms with Crippen LogP contribution in [0, 0.1) is 0 Å². The van der Waals surface area contributed by atoms with E-state index in [1.165, 1.54) is 12.0 Å². The van der Waals surface area contributed by atoms with Gasteiger partial charge in [-0.05, 0) is 24.6 Å². The predicted octanol–water partition coefficient (Wildman–Crippen LogP) is 4.76. The molecule has 2 bridgehead atoms. The van der Waals surface area contributed by atoms with Crippen molar-refractivity contribution in [3.63, 3.8) is 0 Å². The van der Waals surface area contributed by atoms with Gasteiger partial charge in [-0.15, -0.1) is 0 Å². The summed E-state index contributed by atoms with van der Waals surface area (Å²) < 4.78 is 4.98. The zero-order valence-corrected chi connectivity index (χ0v) is 22.4. The summed E-state index contributed by atoms with van der Waals surface area (Å²) in [6.07, 6.45) is -0.892. The molecule has 6 rings (SSSR count). The summed E-state index contributed by atoms with van der Waals surface area (Å²) in [5.41, 5.74) is 6.49. The molecule has 3 aromatic carbocycles. The molecule has 2 N–H and O–H groups in total. The van der Waals surface area contributed by atoms with E-state index >= 15 is 0 Å². The molecule has 2 atom stereocenters. The molecule has 3 heterocycles.